The van der Waals surface area contributed by atoms with E-state index < -0.39 is 17.7 Å². The summed E-state index contributed by atoms with van der Waals surface area (Å²) in [6.07, 6.45) is -1.06. The lowest BCUT2D eigenvalue weighted by atomic mass is 9.99. The van der Waals surface area contributed by atoms with Crippen molar-refractivity contribution in [2.24, 2.45) is 0 Å². The molecule has 2 aromatic rings. The molecule has 106 valence electrons. The highest BCUT2D eigenvalue weighted by molar-refractivity contribution is 5.28. The molecule has 2 nitrogen and oxygen atoms in total. The van der Waals surface area contributed by atoms with E-state index in [1.165, 1.54) is 18.2 Å². The fourth-order valence-electron chi connectivity index (χ4n) is 2.10. The Morgan fingerprint density at radius 2 is 1.75 bits per heavy atom. The third-order valence-electron chi connectivity index (χ3n) is 3.11. The number of halogens is 2. The van der Waals surface area contributed by atoms with Crippen molar-refractivity contribution in [3.05, 3.63) is 70.8 Å². The summed E-state index contributed by atoms with van der Waals surface area (Å²) in [7, 11) is 1.58. The van der Waals surface area contributed by atoms with Crippen molar-refractivity contribution in [2.45, 2.75) is 19.1 Å². The van der Waals surface area contributed by atoms with Crippen LogP contribution in [0.4, 0.5) is 8.78 Å². The molecule has 4 heteroatoms. The number of methoxy groups -OCH3 is 1. The van der Waals surface area contributed by atoms with Gasteiger partial charge in [-0.2, -0.15) is 0 Å². The van der Waals surface area contributed by atoms with Crippen LogP contribution < -0.4 is 0 Å². The van der Waals surface area contributed by atoms with Gasteiger partial charge in [0.05, 0.1) is 12.7 Å². The van der Waals surface area contributed by atoms with Gasteiger partial charge >= 0.3 is 0 Å². The molecular weight excluding hydrogens is 262 g/mol. The Hall–Kier alpha value is -1.78. The van der Waals surface area contributed by atoms with Crippen LogP contribution in [-0.2, 0) is 17.8 Å². The predicted molar refractivity (Wildman–Crippen MR) is 72.2 cm³/mol. The van der Waals surface area contributed by atoms with Crippen LogP contribution in [0, 0.1) is 11.6 Å². The van der Waals surface area contributed by atoms with Crippen LogP contribution in [0.2, 0.25) is 0 Å². The monoisotopic (exact) mass is 278 g/mol. The van der Waals surface area contributed by atoms with E-state index in [9.17, 15) is 13.9 Å². The standard InChI is InChI=1S/C16H16F2O2/c1-20-10-11-4-2-5-12(8-11)16(19)9-13-14(17)6-3-7-15(13)18/h2-8,16,19H,9-10H2,1H3. The molecule has 0 aliphatic carbocycles. The summed E-state index contributed by atoms with van der Waals surface area (Å²) in [4.78, 5) is 0. The predicted octanol–water partition coefficient (Wildman–Crippen LogP) is 3.39. The number of ether oxygens (including phenoxy) is 1. The second kappa shape index (κ2) is 6.59. The van der Waals surface area contributed by atoms with Crippen LogP contribution in [-0.4, -0.2) is 12.2 Å². The van der Waals surface area contributed by atoms with E-state index in [0.29, 0.717) is 12.2 Å². The van der Waals surface area contributed by atoms with Gasteiger partial charge in [0.25, 0.3) is 0 Å². The Bertz CT molecular complexity index is 564. The van der Waals surface area contributed by atoms with Crippen molar-refractivity contribution in [1.82, 2.24) is 0 Å². The van der Waals surface area contributed by atoms with Crippen LogP contribution in [0.3, 0.4) is 0 Å². The quantitative estimate of drug-likeness (QED) is 0.908. The first kappa shape index (κ1) is 14.6. The molecule has 1 unspecified atom stereocenters. The molecule has 0 saturated carbocycles. The number of aliphatic hydroxyl groups is 1. The van der Waals surface area contributed by atoms with Gasteiger partial charge in [-0.05, 0) is 23.3 Å². The van der Waals surface area contributed by atoms with E-state index in [1.807, 2.05) is 6.07 Å². The second-order valence-electron chi connectivity index (χ2n) is 4.60. The Morgan fingerprint density at radius 1 is 1.10 bits per heavy atom. The molecule has 0 spiro atoms. The van der Waals surface area contributed by atoms with Crippen LogP contribution >= 0.6 is 0 Å². The lowest BCUT2D eigenvalue weighted by molar-refractivity contribution is 0.173. The molecule has 2 aromatic carbocycles. The first-order chi connectivity index (χ1) is 9.61. The molecule has 0 radical (unpaired) electrons. The SMILES string of the molecule is COCc1cccc(C(O)Cc2c(F)cccc2F)c1. The fraction of sp³-hybridized carbons (Fsp3) is 0.250. The van der Waals surface area contributed by atoms with Gasteiger partial charge in [-0.15, -0.1) is 0 Å². The minimum Gasteiger partial charge on any atom is -0.388 e. The summed E-state index contributed by atoms with van der Waals surface area (Å²) >= 11 is 0. The maximum Gasteiger partial charge on any atom is 0.129 e. The van der Waals surface area contributed by atoms with Crippen molar-refractivity contribution in [3.63, 3.8) is 0 Å². The molecule has 0 aliphatic rings. The summed E-state index contributed by atoms with van der Waals surface area (Å²) in [6.45, 7) is 0.425. The van der Waals surface area contributed by atoms with E-state index >= 15 is 0 Å². The van der Waals surface area contributed by atoms with E-state index in [-0.39, 0.29) is 12.0 Å². The maximum absolute atomic E-state index is 13.6. The minimum atomic E-state index is -0.960. The summed E-state index contributed by atoms with van der Waals surface area (Å²) in [5.74, 6) is -1.28. The first-order valence-electron chi connectivity index (χ1n) is 6.30. The van der Waals surface area contributed by atoms with Gasteiger partial charge in [0.15, 0.2) is 0 Å². The maximum atomic E-state index is 13.6. The Kier molecular flexibility index (Phi) is 4.82. The Labute approximate surface area is 116 Å². The van der Waals surface area contributed by atoms with Gasteiger partial charge in [-0.25, -0.2) is 8.78 Å². The molecule has 1 atom stereocenters. The first-order valence-corrected chi connectivity index (χ1v) is 6.30. The zero-order valence-corrected chi connectivity index (χ0v) is 11.1. The van der Waals surface area contributed by atoms with Gasteiger partial charge in [-0.3, -0.25) is 0 Å². The van der Waals surface area contributed by atoms with Gasteiger partial charge in [0.1, 0.15) is 11.6 Å². The van der Waals surface area contributed by atoms with Crippen molar-refractivity contribution in [1.29, 1.82) is 0 Å². The molecule has 0 saturated heterocycles. The van der Waals surface area contributed by atoms with Crippen LogP contribution in [0.1, 0.15) is 22.8 Å². The normalized spacial score (nSPS) is 12.4. The highest BCUT2D eigenvalue weighted by Crippen LogP contribution is 2.23. The zero-order chi connectivity index (χ0) is 14.5. The molecule has 0 heterocycles. The van der Waals surface area contributed by atoms with Crippen molar-refractivity contribution in [3.8, 4) is 0 Å². The van der Waals surface area contributed by atoms with E-state index in [0.717, 1.165) is 5.56 Å². The van der Waals surface area contributed by atoms with E-state index in [1.54, 1.807) is 25.3 Å². The number of hydrogen-bond donors (Lipinski definition) is 1. The number of hydrogen-bond acceptors (Lipinski definition) is 2. The number of aliphatic hydroxyl groups excluding tert-OH is 1. The van der Waals surface area contributed by atoms with Crippen molar-refractivity contribution in [2.75, 3.05) is 7.11 Å². The highest BCUT2D eigenvalue weighted by atomic mass is 19.1. The topological polar surface area (TPSA) is 29.5 Å². The summed E-state index contributed by atoms with van der Waals surface area (Å²) in [5.41, 5.74) is 1.41. The molecule has 1 N–H and O–H groups in total. The van der Waals surface area contributed by atoms with Gasteiger partial charge < -0.3 is 9.84 Å². The summed E-state index contributed by atoms with van der Waals surface area (Å²) in [6, 6.07) is 10.8. The summed E-state index contributed by atoms with van der Waals surface area (Å²) in [5, 5.41) is 10.1. The lowest BCUT2D eigenvalue weighted by Gasteiger charge is -2.13. The third kappa shape index (κ3) is 3.40. The molecular formula is C16H16F2O2. The third-order valence-corrected chi connectivity index (χ3v) is 3.11. The summed E-state index contributed by atoms with van der Waals surface area (Å²) < 4.78 is 32.1. The second-order valence-corrected chi connectivity index (χ2v) is 4.60. The lowest BCUT2D eigenvalue weighted by Crippen LogP contribution is -2.06. The van der Waals surface area contributed by atoms with Gasteiger partial charge in [-0.1, -0.05) is 30.3 Å². The van der Waals surface area contributed by atoms with E-state index in [4.69, 9.17) is 4.74 Å². The van der Waals surface area contributed by atoms with Gasteiger partial charge in [0.2, 0.25) is 0 Å². The molecule has 0 amide bonds. The zero-order valence-electron chi connectivity index (χ0n) is 11.1. The average molecular weight is 278 g/mol. The molecule has 2 rings (SSSR count). The van der Waals surface area contributed by atoms with Crippen molar-refractivity contribution >= 4 is 0 Å². The minimum absolute atomic E-state index is 0.0999. The average Bonchev–Trinajstić information content (AvgIpc) is 2.43. The molecule has 0 aliphatic heterocycles. The van der Waals surface area contributed by atoms with Crippen LogP contribution in [0.5, 0.6) is 0 Å². The fourth-order valence-corrected chi connectivity index (χ4v) is 2.10. The highest BCUT2D eigenvalue weighted by Gasteiger charge is 2.15. The molecule has 0 aromatic heterocycles. The molecule has 0 fully saturated rings. The number of benzene rings is 2. The largest absolute Gasteiger partial charge is 0.388 e. The Morgan fingerprint density at radius 3 is 2.40 bits per heavy atom. The van der Waals surface area contributed by atoms with Crippen LogP contribution in [0.25, 0.3) is 0 Å². The smallest absolute Gasteiger partial charge is 0.129 e. The Balaban J connectivity index is 2.19. The van der Waals surface area contributed by atoms with Crippen molar-refractivity contribution < 1.29 is 18.6 Å². The van der Waals surface area contributed by atoms with E-state index in [2.05, 4.69) is 0 Å². The van der Waals surface area contributed by atoms with Gasteiger partial charge in [0, 0.05) is 19.1 Å². The molecule has 20 heavy (non-hydrogen) atoms. The number of rotatable bonds is 5. The van der Waals surface area contributed by atoms with Crippen LogP contribution in [0.15, 0.2) is 42.5 Å². The molecule has 0 bridgehead atoms.